The minimum Gasteiger partial charge on any atom is -0.504 e. The van der Waals surface area contributed by atoms with Crippen molar-refractivity contribution in [1.82, 2.24) is 4.90 Å². The Balaban J connectivity index is 0.00000288. The Morgan fingerprint density at radius 3 is 2.58 bits per heavy atom. The van der Waals surface area contributed by atoms with Crippen molar-refractivity contribution in [3.05, 3.63) is 23.8 Å². The second-order valence-corrected chi connectivity index (χ2v) is 6.70. The van der Waals surface area contributed by atoms with Gasteiger partial charge in [0.15, 0.2) is 11.5 Å². The molecule has 1 amide bonds. The first-order valence-corrected chi connectivity index (χ1v) is 8.29. The van der Waals surface area contributed by atoms with Crippen molar-refractivity contribution < 1.29 is 14.6 Å². The summed E-state index contributed by atoms with van der Waals surface area (Å²) in [5.41, 5.74) is 6.89. The fourth-order valence-electron chi connectivity index (χ4n) is 3.39. The summed E-state index contributed by atoms with van der Waals surface area (Å²) in [7, 11) is 3.33. The Kier molecular flexibility index (Phi) is 7.84. The van der Waals surface area contributed by atoms with Crippen LogP contribution in [0.5, 0.6) is 11.5 Å². The van der Waals surface area contributed by atoms with Crippen molar-refractivity contribution in [2.24, 2.45) is 11.1 Å². The standard InChI is InChI=1S/C18H28N2O3.ClH/c1-20(12-14-6-7-15(21)16(10-14)23-2)17(22)11-18(13-19)8-4-3-5-9-18;/h6-7,10,21H,3-5,8-9,11-13,19H2,1-2H3;1H. The molecule has 0 aromatic heterocycles. The third-order valence-corrected chi connectivity index (χ3v) is 4.96. The van der Waals surface area contributed by atoms with Crippen molar-refractivity contribution >= 4 is 18.3 Å². The number of phenols is 1. The summed E-state index contributed by atoms with van der Waals surface area (Å²) in [5, 5.41) is 9.64. The van der Waals surface area contributed by atoms with Crippen LogP contribution in [0, 0.1) is 5.41 Å². The van der Waals surface area contributed by atoms with Gasteiger partial charge >= 0.3 is 0 Å². The van der Waals surface area contributed by atoms with Crippen LogP contribution >= 0.6 is 12.4 Å². The molecule has 2 rings (SSSR count). The second kappa shape index (κ2) is 9.14. The van der Waals surface area contributed by atoms with Crippen molar-refractivity contribution in [3.63, 3.8) is 0 Å². The van der Waals surface area contributed by atoms with E-state index in [0.29, 0.717) is 25.3 Å². The van der Waals surface area contributed by atoms with E-state index in [4.69, 9.17) is 10.5 Å². The van der Waals surface area contributed by atoms with Crippen LogP contribution in [0.1, 0.15) is 44.1 Å². The highest BCUT2D eigenvalue weighted by molar-refractivity contribution is 5.85. The maximum absolute atomic E-state index is 12.6. The van der Waals surface area contributed by atoms with Gasteiger partial charge in [-0.2, -0.15) is 0 Å². The number of benzene rings is 1. The average Bonchev–Trinajstić information content (AvgIpc) is 2.57. The van der Waals surface area contributed by atoms with Crippen LogP contribution in [0.3, 0.4) is 0 Å². The molecule has 136 valence electrons. The summed E-state index contributed by atoms with van der Waals surface area (Å²) in [4.78, 5) is 14.3. The number of carbonyl (C=O) groups excluding carboxylic acids is 1. The van der Waals surface area contributed by atoms with E-state index in [1.165, 1.54) is 26.4 Å². The fraction of sp³-hybridized carbons (Fsp3) is 0.611. The predicted molar refractivity (Wildman–Crippen MR) is 97.6 cm³/mol. The monoisotopic (exact) mass is 356 g/mol. The molecule has 1 aliphatic rings. The molecule has 0 atom stereocenters. The quantitative estimate of drug-likeness (QED) is 0.821. The lowest BCUT2D eigenvalue weighted by Gasteiger charge is -2.36. The van der Waals surface area contributed by atoms with Crippen LogP contribution in [-0.2, 0) is 11.3 Å². The van der Waals surface area contributed by atoms with Gasteiger partial charge in [-0.15, -0.1) is 12.4 Å². The zero-order valence-corrected chi connectivity index (χ0v) is 15.4. The number of rotatable bonds is 6. The molecule has 24 heavy (non-hydrogen) atoms. The second-order valence-electron chi connectivity index (χ2n) is 6.70. The number of halogens is 1. The Labute approximate surface area is 150 Å². The summed E-state index contributed by atoms with van der Waals surface area (Å²) in [6.07, 6.45) is 6.22. The van der Waals surface area contributed by atoms with Crippen LogP contribution in [0.2, 0.25) is 0 Å². The van der Waals surface area contributed by atoms with Crippen LogP contribution in [0.4, 0.5) is 0 Å². The van der Waals surface area contributed by atoms with E-state index in [1.54, 1.807) is 23.1 Å². The molecule has 0 radical (unpaired) electrons. The van der Waals surface area contributed by atoms with Gasteiger partial charge in [0, 0.05) is 20.0 Å². The van der Waals surface area contributed by atoms with Crippen molar-refractivity contribution in [2.75, 3.05) is 20.7 Å². The summed E-state index contributed by atoms with van der Waals surface area (Å²) >= 11 is 0. The van der Waals surface area contributed by atoms with Gasteiger partial charge in [-0.25, -0.2) is 0 Å². The molecule has 0 aliphatic heterocycles. The number of methoxy groups -OCH3 is 1. The van der Waals surface area contributed by atoms with Gasteiger partial charge in [0.25, 0.3) is 0 Å². The molecule has 0 heterocycles. The maximum Gasteiger partial charge on any atom is 0.223 e. The number of nitrogens with zero attached hydrogens (tertiary/aromatic N) is 1. The van der Waals surface area contributed by atoms with Gasteiger partial charge in [-0.05, 0) is 42.5 Å². The SMILES string of the molecule is COc1cc(CN(C)C(=O)CC2(CN)CCCCC2)ccc1O.Cl. The van der Waals surface area contributed by atoms with E-state index in [1.807, 2.05) is 7.05 Å². The topological polar surface area (TPSA) is 75.8 Å². The van der Waals surface area contributed by atoms with Gasteiger partial charge < -0.3 is 20.5 Å². The first-order valence-electron chi connectivity index (χ1n) is 8.29. The van der Waals surface area contributed by atoms with Crippen LogP contribution in [0.15, 0.2) is 18.2 Å². The molecule has 1 saturated carbocycles. The molecular weight excluding hydrogens is 328 g/mol. The molecule has 0 spiro atoms. The van der Waals surface area contributed by atoms with E-state index in [9.17, 15) is 9.90 Å². The van der Waals surface area contributed by atoms with Crippen LogP contribution < -0.4 is 10.5 Å². The molecular formula is C18H29ClN2O3. The van der Waals surface area contributed by atoms with Gasteiger partial charge in [0.05, 0.1) is 7.11 Å². The maximum atomic E-state index is 12.6. The zero-order chi connectivity index (χ0) is 16.9. The molecule has 3 N–H and O–H groups in total. The lowest BCUT2D eigenvalue weighted by atomic mass is 9.71. The third kappa shape index (κ3) is 5.02. The van der Waals surface area contributed by atoms with E-state index < -0.39 is 0 Å². The largest absolute Gasteiger partial charge is 0.504 e. The highest BCUT2D eigenvalue weighted by Crippen LogP contribution is 2.38. The van der Waals surface area contributed by atoms with Gasteiger partial charge in [0.1, 0.15) is 0 Å². The van der Waals surface area contributed by atoms with Crippen molar-refractivity contribution in [2.45, 2.75) is 45.1 Å². The Morgan fingerprint density at radius 2 is 2.00 bits per heavy atom. The lowest BCUT2D eigenvalue weighted by Crippen LogP contribution is -2.39. The summed E-state index contributed by atoms with van der Waals surface area (Å²) in [6.45, 7) is 1.08. The average molecular weight is 357 g/mol. The molecule has 0 saturated heterocycles. The number of aromatic hydroxyl groups is 1. The number of hydrogen-bond acceptors (Lipinski definition) is 4. The van der Waals surface area contributed by atoms with E-state index in [0.717, 1.165) is 18.4 Å². The molecule has 0 unspecified atom stereocenters. The molecule has 5 nitrogen and oxygen atoms in total. The molecule has 0 bridgehead atoms. The van der Waals surface area contributed by atoms with Crippen LogP contribution in [-0.4, -0.2) is 36.6 Å². The predicted octanol–water partition coefficient (Wildman–Crippen LogP) is 3.08. The molecule has 6 heteroatoms. The fourth-order valence-corrected chi connectivity index (χ4v) is 3.39. The number of amides is 1. The Morgan fingerprint density at radius 1 is 1.33 bits per heavy atom. The minimum absolute atomic E-state index is 0. The highest BCUT2D eigenvalue weighted by Gasteiger charge is 2.33. The van der Waals surface area contributed by atoms with E-state index in [-0.39, 0.29) is 29.5 Å². The van der Waals surface area contributed by atoms with Crippen molar-refractivity contribution in [3.8, 4) is 11.5 Å². The number of hydrogen-bond donors (Lipinski definition) is 2. The first-order chi connectivity index (χ1) is 11.0. The van der Waals surface area contributed by atoms with Gasteiger partial charge in [0.2, 0.25) is 5.91 Å². The zero-order valence-electron chi connectivity index (χ0n) is 14.6. The molecule has 1 aliphatic carbocycles. The smallest absolute Gasteiger partial charge is 0.223 e. The summed E-state index contributed by atoms with van der Waals surface area (Å²) < 4.78 is 5.11. The normalized spacial score (nSPS) is 16.1. The summed E-state index contributed by atoms with van der Waals surface area (Å²) in [5.74, 6) is 0.660. The number of nitrogens with two attached hydrogens (primary N) is 1. The number of phenolic OH excluding ortho intramolecular Hbond substituents is 1. The lowest BCUT2D eigenvalue weighted by molar-refractivity contribution is -0.133. The summed E-state index contributed by atoms with van der Waals surface area (Å²) in [6, 6.07) is 5.16. The Bertz CT molecular complexity index is 545. The van der Waals surface area contributed by atoms with Crippen LogP contribution in [0.25, 0.3) is 0 Å². The molecule has 1 fully saturated rings. The van der Waals surface area contributed by atoms with Crippen molar-refractivity contribution in [1.29, 1.82) is 0 Å². The highest BCUT2D eigenvalue weighted by atomic mass is 35.5. The van der Waals surface area contributed by atoms with E-state index in [2.05, 4.69) is 0 Å². The Hall–Kier alpha value is -1.46. The van der Waals surface area contributed by atoms with Gasteiger partial charge in [-0.3, -0.25) is 4.79 Å². The van der Waals surface area contributed by atoms with E-state index >= 15 is 0 Å². The molecule has 1 aromatic carbocycles. The molecule has 1 aromatic rings. The first kappa shape index (κ1) is 20.6. The third-order valence-electron chi connectivity index (χ3n) is 4.96. The number of ether oxygens (including phenoxy) is 1. The number of carbonyl (C=O) groups is 1. The van der Waals surface area contributed by atoms with Gasteiger partial charge in [-0.1, -0.05) is 25.3 Å². The minimum atomic E-state index is -0.0176.